The molecule has 0 unspecified atom stereocenters. The van der Waals surface area contributed by atoms with Crippen LogP contribution in [0, 0.1) is 20.8 Å². The summed E-state index contributed by atoms with van der Waals surface area (Å²) in [6, 6.07) is 4.36. The molecule has 134 valence electrons. The molecular weight excluding hydrogens is 308 g/mol. The average Bonchev–Trinajstić information content (AvgIpc) is 2.53. The smallest absolute Gasteiger partial charge is 0.240 e. The third-order valence-corrected chi connectivity index (χ3v) is 4.00. The molecule has 1 aromatic carbocycles. The van der Waals surface area contributed by atoms with Crippen molar-refractivity contribution < 1.29 is 4.74 Å². The van der Waals surface area contributed by atoms with E-state index in [4.69, 9.17) is 4.74 Å². The molecule has 0 fully saturated rings. The highest BCUT2D eigenvalue weighted by molar-refractivity contribution is 5.97. The van der Waals surface area contributed by atoms with Gasteiger partial charge in [-0.05, 0) is 68.9 Å². The molecule has 0 amide bonds. The highest BCUT2D eigenvalue weighted by Gasteiger charge is 2.12. The lowest BCUT2D eigenvalue weighted by Crippen LogP contribution is -2.11. The fraction of sp³-hybridized carbons (Fsp3) is 0.364. The van der Waals surface area contributed by atoms with Gasteiger partial charge in [0, 0.05) is 12.3 Å². The van der Waals surface area contributed by atoms with E-state index in [1.54, 1.807) is 0 Å². The lowest BCUT2D eigenvalue weighted by molar-refractivity contribution is 0.291. The van der Waals surface area contributed by atoms with Crippen LogP contribution in [0.2, 0.25) is 0 Å². The SMILES string of the molecule is C=N/N=C(OCc1cc(C)c(C)cc1C)/C(=C/CC)C(/C)=C\C(=C)C. The number of nitrogens with zero attached hydrogens (tertiary/aromatic N) is 2. The topological polar surface area (TPSA) is 34.0 Å². The van der Waals surface area contributed by atoms with Crippen LogP contribution >= 0.6 is 0 Å². The van der Waals surface area contributed by atoms with Crippen LogP contribution in [0.25, 0.3) is 0 Å². The minimum Gasteiger partial charge on any atom is -0.471 e. The van der Waals surface area contributed by atoms with Gasteiger partial charge in [-0.15, -0.1) is 5.10 Å². The van der Waals surface area contributed by atoms with Gasteiger partial charge in [-0.2, -0.15) is 5.10 Å². The molecule has 3 heteroatoms. The van der Waals surface area contributed by atoms with Gasteiger partial charge < -0.3 is 4.74 Å². The Morgan fingerprint density at radius 3 is 2.32 bits per heavy atom. The van der Waals surface area contributed by atoms with Crippen molar-refractivity contribution in [2.75, 3.05) is 0 Å². The van der Waals surface area contributed by atoms with Gasteiger partial charge in [0.05, 0.1) is 0 Å². The molecule has 1 aromatic rings. The first kappa shape index (κ1) is 20.6. The van der Waals surface area contributed by atoms with Crippen molar-refractivity contribution >= 4 is 12.6 Å². The van der Waals surface area contributed by atoms with E-state index in [-0.39, 0.29) is 0 Å². The number of aryl methyl sites for hydroxylation is 3. The predicted octanol–water partition coefficient (Wildman–Crippen LogP) is 6.00. The van der Waals surface area contributed by atoms with E-state index in [1.807, 2.05) is 19.9 Å². The molecular formula is C22H30N2O. The molecule has 25 heavy (non-hydrogen) atoms. The Labute approximate surface area is 152 Å². The molecule has 0 aliphatic carbocycles. The van der Waals surface area contributed by atoms with Crippen molar-refractivity contribution in [1.29, 1.82) is 0 Å². The number of hydrogen-bond acceptors (Lipinski definition) is 3. The van der Waals surface area contributed by atoms with Gasteiger partial charge in [-0.3, -0.25) is 0 Å². The molecule has 0 saturated carbocycles. The van der Waals surface area contributed by atoms with Gasteiger partial charge in [0.1, 0.15) is 6.61 Å². The van der Waals surface area contributed by atoms with E-state index in [0.29, 0.717) is 12.5 Å². The van der Waals surface area contributed by atoms with E-state index in [0.717, 1.165) is 28.7 Å². The van der Waals surface area contributed by atoms with Crippen molar-refractivity contribution in [3.05, 3.63) is 69.8 Å². The lowest BCUT2D eigenvalue weighted by Gasteiger charge is -2.15. The number of hydrogen-bond donors (Lipinski definition) is 0. The Kier molecular flexibility index (Phi) is 8.06. The molecule has 0 aliphatic rings. The standard InChI is InChI=1S/C22H30N2O/c1-9-10-21(19(7)11-15(2)3)22(24-23-8)25-14-20-13-17(5)16(4)12-18(20)6/h10-13H,2,8-9,14H2,1,3-7H3/b19-11-,21-10+,24-22-. The van der Waals surface area contributed by atoms with E-state index in [9.17, 15) is 0 Å². The predicted molar refractivity (Wildman–Crippen MR) is 109 cm³/mol. The average molecular weight is 338 g/mol. The van der Waals surface area contributed by atoms with Gasteiger partial charge in [0.25, 0.3) is 0 Å². The number of allylic oxidation sites excluding steroid dienone is 3. The molecule has 0 aliphatic heterocycles. The molecule has 0 spiro atoms. The summed E-state index contributed by atoms with van der Waals surface area (Å²) in [7, 11) is 0. The molecule has 0 saturated heterocycles. The zero-order valence-electron chi connectivity index (χ0n) is 16.4. The van der Waals surface area contributed by atoms with Gasteiger partial charge >= 0.3 is 0 Å². The van der Waals surface area contributed by atoms with Crippen LogP contribution in [-0.4, -0.2) is 12.6 Å². The monoisotopic (exact) mass is 338 g/mol. The first-order valence-electron chi connectivity index (χ1n) is 8.58. The Bertz CT molecular complexity index is 737. The zero-order chi connectivity index (χ0) is 19.0. The van der Waals surface area contributed by atoms with E-state index < -0.39 is 0 Å². The van der Waals surface area contributed by atoms with Crippen LogP contribution in [0.4, 0.5) is 0 Å². The minimum atomic E-state index is 0.447. The van der Waals surface area contributed by atoms with E-state index >= 15 is 0 Å². The molecule has 0 N–H and O–H groups in total. The van der Waals surface area contributed by atoms with Crippen molar-refractivity contribution in [3.8, 4) is 0 Å². The summed E-state index contributed by atoms with van der Waals surface area (Å²) in [6.45, 7) is 20.3. The maximum Gasteiger partial charge on any atom is 0.240 e. The summed E-state index contributed by atoms with van der Waals surface area (Å²) in [5.74, 6) is 0.490. The fourth-order valence-electron chi connectivity index (χ4n) is 2.62. The molecule has 0 bridgehead atoms. The second-order valence-electron chi connectivity index (χ2n) is 6.40. The third kappa shape index (κ3) is 6.18. The van der Waals surface area contributed by atoms with Crippen molar-refractivity contribution in [3.63, 3.8) is 0 Å². The summed E-state index contributed by atoms with van der Waals surface area (Å²) >= 11 is 0. The fourth-order valence-corrected chi connectivity index (χ4v) is 2.62. The maximum atomic E-state index is 6.04. The van der Waals surface area contributed by atoms with Gasteiger partial charge in [-0.25, -0.2) is 0 Å². The number of rotatable bonds is 7. The second-order valence-corrected chi connectivity index (χ2v) is 6.40. The first-order valence-corrected chi connectivity index (χ1v) is 8.58. The largest absolute Gasteiger partial charge is 0.471 e. The Balaban J connectivity index is 3.14. The first-order chi connectivity index (χ1) is 11.8. The Morgan fingerprint density at radius 2 is 1.76 bits per heavy atom. The minimum absolute atomic E-state index is 0.447. The summed E-state index contributed by atoms with van der Waals surface area (Å²) < 4.78 is 6.04. The summed E-state index contributed by atoms with van der Waals surface area (Å²) in [4.78, 5) is 0. The normalized spacial score (nSPS) is 13.0. The number of ether oxygens (including phenoxy) is 1. The van der Waals surface area contributed by atoms with Crippen LogP contribution in [0.3, 0.4) is 0 Å². The van der Waals surface area contributed by atoms with Crippen molar-refractivity contribution in [2.45, 2.75) is 54.6 Å². The van der Waals surface area contributed by atoms with E-state index in [1.165, 1.54) is 16.7 Å². The van der Waals surface area contributed by atoms with Crippen molar-refractivity contribution in [2.24, 2.45) is 10.2 Å². The summed E-state index contributed by atoms with van der Waals surface area (Å²) in [6.07, 6.45) is 4.98. The highest BCUT2D eigenvalue weighted by Crippen LogP contribution is 2.20. The Hall–Kier alpha value is -2.42. The molecule has 0 aromatic heterocycles. The van der Waals surface area contributed by atoms with E-state index in [2.05, 4.69) is 69.4 Å². The molecule has 3 nitrogen and oxygen atoms in total. The van der Waals surface area contributed by atoms with Crippen LogP contribution in [-0.2, 0) is 11.3 Å². The molecule has 0 heterocycles. The second kappa shape index (κ2) is 9.77. The summed E-state index contributed by atoms with van der Waals surface area (Å²) in [5.41, 5.74) is 7.87. The third-order valence-electron chi connectivity index (χ3n) is 4.00. The highest BCUT2D eigenvalue weighted by atomic mass is 16.5. The number of benzene rings is 1. The van der Waals surface area contributed by atoms with Crippen LogP contribution in [0.1, 0.15) is 49.4 Å². The quantitative estimate of drug-likeness (QED) is 0.260. The molecule has 0 radical (unpaired) electrons. The maximum absolute atomic E-state index is 6.04. The lowest BCUT2D eigenvalue weighted by atomic mass is 10.0. The van der Waals surface area contributed by atoms with Gasteiger partial charge in [-0.1, -0.05) is 43.4 Å². The molecule has 1 rings (SSSR count). The summed E-state index contributed by atoms with van der Waals surface area (Å²) in [5, 5.41) is 7.82. The van der Waals surface area contributed by atoms with Crippen LogP contribution < -0.4 is 0 Å². The zero-order valence-corrected chi connectivity index (χ0v) is 16.4. The van der Waals surface area contributed by atoms with Gasteiger partial charge in [0.2, 0.25) is 5.90 Å². The van der Waals surface area contributed by atoms with Gasteiger partial charge in [0.15, 0.2) is 0 Å². The Morgan fingerprint density at radius 1 is 1.12 bits per heavy atom. The van der Waals surface area contributed by atoms with Crippen molar-refractivity contribution in [1.82, 2.24) is 0 Å². The van der Waals surface area contributed by atoms with Crippen LogP contribution in [0.15, 0.2) is 57.8 Å². The van der Waals surface area contributed by atoms with Crippen LogP contribution in [0.5, 0.6) is 0 Å². The molecule has 0 atom stereocenters.